The lowest BCUT2D eigenvalue weighted by Gasteiger charge is -2.17. The van der Waals surface area contributed by atoms with Crippen LogP contribution in [-0.4, -0.2) is 11.7 Å². The maximum absolute atomic E-state index is 6.18. The number of nitrogens with two attached hydrogens (primary N) is 1. The molecule has 1 aliphatic rings. The Hall–Kier alpha value is -1.26. The van der Waals surface area contributed by atoms with Gasteiger partial charge in [0, 0.05) is 25.0 Å². The van der Waals surface area contributed by atoms with Crippen LogP contribution < -0.4 is 10.5 Å². The highest BCUT2D eigenvalue weighted by atomic mass is 79.9. The Morgan fingerprint density at radius 2 is 2.25 bits per heavy atom. The minimum absolute atomic E-state index is 0.211. The van der Waals surface area contributed by atoms with E-state index in [9.17, 15) is 0 Å². The van der Waals surface area contributed by atoms with E-state index in [1.54, 1.807) is 7.11 Å². The van der Waals surface area contributed by atoms with Gasteiger partial charge in [-0.1, -0.05) is 6.07 Å². The lowest BCUT2D eigenvalue weighted by molar-refractivity contribution is 0.412. The molecule has 2 aromatic rings. The van der Waals surface area contributed by atoms with Crippen molar-refractivity contribution < 1.29 is 4.74 Å². The SMILES string of the molecule is COc1ccc(Cn2cc3c(c2)C(N)CCC3)cc1Br. The van der Waals surface area contributed by atoms with Crippen LogP contribution in [0.4, 0.5) is 0 Å². The second-order valence-corrected chi connectivity index (χ2v) is 6.23. The van der Waals surface area contributed by atoms with Crippen LogP contribution in [0.25, 0.3) is 0 Å². The van der Waals surface area contributed by atoms with E-state index in [4.69, 9.17) is 10.5 Å². The maximum Gasteiger partial charge on any atom is 0.133 e. The van der Waals surface area contributed by atoms with Crippen molar-refractivity contribution in [3.63, 3.8) is 0 Å². The van der Waals surface area contributed by atoms with E-state index in [0.29, 0.717) is 0 Å². The van der Waals surface area contributed by atoms with Crippen LogP contribution in [0.5, 0.6) is 5.75 Å². The number of hydrogen-bond donors (Lipinski definition) is 1. The predicted octanol–water partition coefficient (Wildman–Crippen LogP) is 3.64. The molecule has 0 saturated carbocycles. The topological polar surface area (TPSA) is 40.2 Å². The summed E-state index contributed by atoms with van der Waals surface area (Å²) >= 11 is 3.53. The van der Waals surface area contributed by atoms with E-state index in [1.165, 1.54) is 23.1 Å². The summed E-state index contributed by atoms with van der Waals surface area (Å²) in [5, 5.41) is 0. The number of methoxy groups -OCH3 is 1. The van der Waals surface area contributed by atoms with E-state index < -0.39 is 0 Å². The van der Waals surface area contributed by atoms with Gasteiger partial charge in [0.2, 0.25) is 0 Å². The number of fused-ring (bicyclic) bond motifs is 1. The summed E-state index contributed by atoms with van der Waals surface area (Å²) in [5.41, 5.74) is 10.2. The fraction of sp³-hybridized carbons (Fsp3) is 0.375. The summed E-state index contributed by atoms with van der Waals surface area (Å²) in [6, 6.07) is 6.41. The standard InChI is InChI=1S/C16H19BrN2O/c1-20-16-6-5-11(7-14(16)17)8-19-9-12-3-2-4-15(18)13(12)10-19/h5-7,9-10,15H,2-4,8,18H2,1H3. The first kappa shape index (κ1) is 13.7. The van der Waals surface area contributed by atoms with Gasteiger partial charge in [-0.15, -0.1) is 0 Å². The molecule has 106 valence electrons. The quantitative estimate of drug-likeness (QED) is 0.930. The van der Waals surface area contributed by atoms with Gasteiger partial charge >= 0.3 is 0 Å². The molecule has 3 nitrogen and oxygen atoms in total. The van der Waals surface area contributed by atoms with E-state index >= 15 is 0 Å². The molecule has 4 heteroatoms. The van der Waals surface area contributed by atoms with Gasteiger partial charge in [0.1, 0.15) is 5.75 Å². The summed E-state index contributed by atoms with van der Waals surface area (Å²) in [5.74, 6) is 0.863. The van der Waals surface area contributed by atoms with Crippen LogP contribution in [0.2, 0.25) is 0 Å². The Morgan fingerprint density at radius 3 is 2.95 bits per heavy atom. The van der Waals surface area contributed by atoms with Gasteiger partial charge < -0.3 is 15.0 Å². The molecule has 0 bridgehead atoms. The Kier molecular flexibility index (Phi) is 3.85. The molecular formula is C16H19BrN2O. The van der Waals surface area contributed by atoms with Crippen molar-refractivity contribution >= 4 is 15.9 Å². The fourth-order valence-electron chi connectivity index (χ4n) is 2.89. The van der Waals surface area contributed by atoms with Gasteiger partial charge in [0.25, 0.3) is 0 Å². The van der Waals surface area contributed by atoms with Crippen molar-refractivity contribution in [1.29, 1.82) is 0 Å². The number of hydrogen-bond acceptors (Lipinski definition) is 2. The van der Waals surface area contributed by atoms with Crippen LogP contribution in [0, 0.1) is 0 Å². The summed E-state index contributed by atoms with van der Waals surface area (Å²) < 4.78 is 8.49. The van der Waals surface area contributed by atoms with Gasteiger partial charge in [0.05, 0.1) is 11.6 Å². The number of aryl methyl sites for hydroxylation is 1. The number of rotatable bonds is 3. The Labute approximate surface area is 127 Å². The fourth-order valence-corrected chi connectivity index (χ4v) is 3.48. The number of ether oxygens (including phenoxy) is 1. The molecule has 1 heterocycles. The highest BCUT2D eigenvalue weighted by Gasteiger charge is 2.18. The monoisotopic (exact) mass is 334 g/mol. The average Bonchev–Trinajstić information content (AvgIpc) is 2.83. The molecule has 1 aromatic heterocycles. The molecule has 0 fully saturated rings. The van der Waals surface area contributed by atoms with Crippen molar-refractivity contribution in [2.24, 2.45) is 5.73 Å². The van der Waals surface area contributed by atoms with Crippen molar-refractivity contribution in [3.8, 4) is 5.75 Å². The summed E-state index contributed by atoms with van der Waals surface area (Å²) in [7, 11) is 1.68. The second-order valence-electron chi connectivity index (χ2n) is 5.38. The van der Waals surface area contributed by atoms with Gasteiger partial charge in [-0.3, -0.25) is 0 Å². The zero-order valence-electron chi connectivity index (χ0n) is 11.6. The Balaban J connectivity index is 1.83. The first-order valence-corrected chi connectivity index (χ1v) is 7.73. The van der Waals surface area contributed by atoms with Crippen LogP contribution in [-0.2, 0) is 13.0 Å². The smallest absolute Gasteiger partial charge is 0.133 e. The Morgan fingerprint density at radius 1 is 1.40 bits per heavy atom. The van der Waals surface area contributed by atoms with Crippen LogP contribution in [0.1, 0.15) is 35.6 Å². The molecule has 2 N–H and O–H groups in total. The third-order valence-corrected chi connectivity index (χ3v) is 4.56. The molecular weight excluding hydrogens is 316 g/mol. The second kappa shape index (κ2) is 5.62. The zero-order valence-corrected chi connectivity index (χ0v) is 13.2. The number of halogens is 1. The van der Waals surface area contributed by atoms with Gasteiger partial charge in [-0.2, -0.15) is 0 Å². The molecule has 20 heavy (non-hydrogen) atoms. The molecule has 0 radical (unpaired) electrons. The maximum atomic E-state index is 6.18. The first-order chi connectivity index (χ1) is 9.67. The molecule has 0 aliphatic heterocycles. The molecule has 3 rings (SSSR count). The van der Waals surface area contributed by atoms with Crippen molar-refractivity contribution in [3.05, 3.63) is 51.8 Å². The molecule has 1 aromatic carbocycles. The van der Waals surface area contributed by atoms with Crippen molar-refractivity contribution in [1.82, 2.24) is 4.57 Å². The van der Waals surface area contributed by atoms with Crippen molar-refractivity contribution in [2.45, 2.75) is 31.8 Å². The van der Waals surface area contributed by atoms with Gasteiger partial charge in [-0.05, 0) is 64.0 Å². The summed E-state index contributed by atoms with van der Waals surface area (Å²) in [6.45, 7) is 0.863. The molecule has 0 spiro atoms. The highest BCUT2D eigenvalue weighted by molar-refractivity contribution is 9.10. The predicted molar refractivity (Wildman–Crippen MR) is 84.1 cm³/mol. The normalized spacial score (nSPS) is 17.9. The van der Waals surface area contributed by atoms with Gasteiger partial charge in [0.15, 0.2) is 0 Å². The lowest BCUT2D eigenvalue weighted by Crippen LogP contribution is -2.15. The molecule has 1 atom stereocenters. The Bertz CT molecular complexity index is 621. The lowest BCUT2D eigenvalue weighted by atomic mass is 9.92. The first-order valence-electron chi connectivity index (χ1n) is 6.94. The third-order valence-electron chi connectivity index (χ3n) is 3.94. The number of benzene rings is 1. The minimum atomic E-state index is 0.211. The molecule has 1 unspecified atom stereocenters. The molecule has 1 aliphatic carbocycles. The number of aromatic nitrogens is 1. The number of nitrogens with zero attached hydrogens (tertiary/aromatic N) is 1. The third kappa shape index (κ3) is 2.63. The van der Waals surface area contributed by atoms with E-state index in [1.807, 2.05) is 6.07 Å². The van der Waals surface area contributed by atoms with E-state index in [-0.39, 0.29) is 6.04 Å². The average molecular weight is 335 g/mol. The zero-order chi connectivity index (χ0) is 14.1. The van der Waals surface area contributed by atoms with E-state index in [2.05, 4.69) is 45.0 Å². The largest absolute Gasteiger partial charge is 0.496 e. The molecule has 0 amide bonds. The summed E-state index contributed by atoms with van der Waals surface area (Å²) in [4.78, 5) is 0. The van der Waals surface area contributed by atoms with Crippen LogP contribution >= 0.6 is 15.9 Å². The summed E-state index contributed by atoms with van der Waals surface area (Å²) in [6.07, 6.45) is 7.91. The van der Waals surface area contributed by atoms with Crippen LogP contribution in [0.3, 0.4) is 0 Å². The van der Waals surface area contributed by atoms with Gasteiger partial charge in [-0.25, -0.2) is 0 Å². The van der Waals surface area contributed by atoms with E-state index in [0.717, 1.165) is 29.6 Å². The van der Waals surface area contributed by atoms with Crippen LogP contribution in [0.15, 0.2) is 35.1 Å². The highest BCUT2D eigenvalue weighted by Crippen LogP contribution is 2.30. The molecule has 0 saturated heterocycles. The van der Waals surface area contributed by atoms with Crippen molar-refractivity contribution in [2.75, 3.05) is 7.11 Å². The minimum Gasteiger partial charge on any atom is -0.496 e.